The second kappa shape index (κ2) is 9.90. The van der Waals surface area contributed by atoms with Gasteiger partial charge in [0.05, 0.1) is 10.1 Å². The van der Waals surface area contributed by atoms with Gasteiger partial charge in [-0.1, -0.05) is 42.4 Å². The Hall–Kier alpha value is -3.30. The van der Waals surface area contributed by atoms with Crippen molar-refractivity contribution in [1.29, 1.82) is 0 Å². The van der Waals surface area contributed by atoms with Crippen molar-refractivity contribution < 1.29 is 14.0 Å². The van der Waals surface area contributed by atoms with E-state index in [2.05, 4.69) is 10.2 Å². The normalized spacial score (nSPS) is 16.4. The van der Waals surface area contributed by atoms with E-state index in [1.165, 1.54) is 40.9 Å². The van der Waals surface area contributed by atoms with Crippen LogP contribution in [0.4, 0.5) is 4.39 Å². The lowest BCUT2D eigenvalue weighted by molar-refractivity contribution is -0.127. The Balaban J connectivity index is 1.46. The summed E-state index contributed by atoms with van der Waals surface area (Å²) in [6.07, 6.45) is 2.17. The van der Waals surface area contributed by atoms with Crippen LogP contribution in [0.1, 0.15) is 29.6 Å². The number of nitrogens with zero attached hydrogens (tertiary/aromatic N) is 4. The summed E-state index contributed by atoms with van der Waals surface area (Å²) in [6, 6.07) is 19.0. The van der Waals surface area contributed by atoms with Crippen LogP contribution in [0.5, 0.6) is 0 Å². The zero-order valence-electron chi connectivity index (χ0n) is 18.1. The molecular weight excluding hydrogens is 471 g/mol. The van der Waals surface area contributed by atoms with Gasteiger partial charge >= 0.3 is 0 Å². The molecule has 5 rings (SSSR count). The number of halogens is 1. The fourth-order valence-corrected chi connectivity index (χ4v) is 5.77. The molecule has 1 atom stereocenters. The van der Waals surface area contributed by atoms with Crippen molar-refractivity contribution in [3.63, 3.8) is 0 Å². The molecule has 3 heterocycles. The number of imide groups is 1. The van der Waals surface area contributed by atoms with E-state index in [-0.39, 0.29) is 5.91 Å². The summed E-state index contributed by atoms with van der Waals surface area (Å²) < 4.78 is 15.3. The van der Waals surface area contributed by atoms with Gasteiger partial charge in [0.1, 0.15) is 5.82 Å². The minimum absolute atomic E-state index is 0.253. The largest absolute Gasteiger partial charge is 0.278 e. The highest BCUT2D eigenvalue weighted by Gasteiger charge is 2.34. The van der Waals surface area contributed by atoms with Crippen LogP contribution in [-0.2, 0) is 4.79 Å². The minimum Gasteiger partial charge on any atom is -0.278 e. The van der Waals surface area contributed by atoms with Gasteiger partial charge in [0.15, 0.2) is 11.0 Å². The molecule has 0 aliphatic carbocycles. The summed E-state index contributed by atoms with van der Waals surface area (Å²) in [6.45, 7) is 0.345. The second-order valence-electron chi connectivity index (χ2n) is 7.86. The molecule has 6 nitrogen and oxygen atoms in total. The van der Waals surface area contributed by atoms with Crippen LogP contribution in [0.25, 0.3) is 16.4 Å². The van der Waals surface area contributed by atoms with Crippen LogP contribution in [0.15, 0.2) is 77.3 Å². The molecule has 34 heavy (non-hydrogen) atoms. The Morgan fingerprint density at radius 1 is 1.00 bits per heavy atom. The molecule has 1 unspecified atom stereocenters. The van der Waals surface area contributed by atoms with E-state index in [0.29, 0.717) is 29.5 Å². The third-order valence-corrected chi connectivity index (χ3v) is 7.68. The maximum atomic E-state index is 13.5. The lowest BCUT2D eigenvalue weighted by Crippen LogP contribution is -2.41. The highest BCUT2D eigenvalue weighted by atomic mass is 32.2. The smallest absolute Gasteiger partial charge is 0.260 e. The predicted molar refractivity (Wildman–Crippen MR) is 131 cm³/mol. The molecular formula is C25H21FN4O2S2. The summed E-state index contributed by atoms with van der Waals surface area (Å²) in [7, 11) is 0. The molecule has 0 saturated carbocycles. The quantitative estimate of drug-likeness (QED) is 0.347. The zero-order chi connectivity index (χ0) is 23.5. The van der Waals surface area contributed by atoms with Crippen LogP contribution in [0.2, 0.25) is 0 Å². The molecule has 2 aromatic heterocycles. The number of hydrogen-bond acceptors (Lipinski definition) is 6. The van der Waals surface area contributed by atoms with Gasteiger partial charge in [-0.05, 0) is 60.7 Å². The maximum absolute atomic E-state index is 13.5. The number of amides is 2. The molecule has 0 N–H and O–H groups in total. The van der Waals surface area contributed by atoms with E-state index in [0.717, 1.165) is 23.4 Å². The fraction of sp³-hybridized carbons (Fsp3) is 0.200. The number of rotatable bonds is 5. The van der Waals surface area contributed by atoms with E-state index >= 15 is 0 Å². The number of likely N-dealkylation sites (tertiary alicyclic amines) is 1. The number of aromatic nitrogens is 3. The molecule has 1 aliphatic heterocycles. The molecule has 4 aromatic rings. The maximum Gasteiger partial charge on any atom is 0.260 e. The Labute approximate surface area is 204 Å². The van der Waals surface area contributed by atoms with Crippen LogP contribution >= 0.6 is 23.1 Å². The van der Waals surface area contributed by atoms with E-state index in [9.17, 15) is 14.0 Å². The standard InChI is InChI=1S/C25H21FN4O2S2/c26-18-13-11-17(12-14-18)23(31)29-15-5-4-9-21(24(29)32)34-25-28-27-22(20-10-6-16-33-20)30(25)19-7-2-1-3-8-19/h1-3,6-8,10-14,16,21H,4-5,9,15H2. The van der Waals surface area contributed by atoms with Gasteiger partial charge in [0, 0.05) is 17.8 Å². The van der Waals surface area contributed by atoms with Gasteiger partial charge in [-0.25, -0.2) is 4.39 Å². The molecule has 1 aliphatic rings. The summed E-state index contributed by atoms with van der Waals surface area (Å²) in [4.78, 5) is 28.8. The first-order chi connectivity index (χ1) is 16.6. The predicted octanol–water partition coefficient (Wildman–Crippen LogP) is 5.45. The fourth-order valence-electron chi connectivity index (χ4n) is 3.92. The van der Waals surface area contributed by atoms with E-state index in [4.69, 9.17) is 0 Å². The molecule has 172 valence electrons. The average molecular weight is 493 g/mol. The van der Waals surface area contributed by atoms with Crippen molar-refractivity contribution in [3.05, 3.63) is 83.5 Å². The molecule has 0 bridgehead atoms. The van der Waals surface area contributed by atoms with Gasteiger partial charge < -0.3 is 0 Å². The van der Waals surface area contributed by atoms with E-state index < -0.39 is 17.0 Å². The Kier molecular flexibility index (Phi) is 6.55. The minimum atomic E-state index is -0.477. The molecule has 2 aromatic carbocycles. The number of benzene rings is 2. The Morgan fingerprint density at radius 3 is 2.53 bits per heavy atom. The van der Waals surface area contributed by atoms with Gasteiger partial charge in [0.2, 0.25) is 5.91 Å². The van der Waals surface area contributed by atoms with Crippen LogP contribution in [0, 0.1) is 5.82 Å². The molecule has 0 radical (unpaired) electrons. The summed E-state index contributed by atoms with van der Waals surface area (Å²) in [5.41, 5.74) is 1.20. The third-order valence-electron chi connectivity index (χ3n) is 5.61. The van der Waals surface area contributed by atoms with Crippen LogP contribution in [-0.4, -0.2) is 43.3 Å². The van der Waals surface area contributed by atoms with Crippen molar-refractivity contribution in [3.8, 4) is 16.4 Å². The van der Waals surface area contributed by atoms with Crippen LogP contribution < -0.4 is 0 Å². The number of para-hydroxylation sites is 1. The van der Waals surface area contributed by atoms with Gasteiger partial charge in [-0.3, -0.25) is 19.1 Å². The molecule has 1 fully saturated rings. The summed E-state index contributed by atoms with van der Waals surface area (Å²) in [5.74, 6) is -0.364. The van der Waals surface area contributed by atoms with Gasteiger partial charge in [-0.15, -0.1) is 21.5 Å². The molecule has 1 saturated heterocycles. The van der Waals surface area contributed by atoms with Crippen molar-refractivity contribution in [1.82, 2.24) is 19.7 Å². The topological polar surface area (TPSA) is 68.1 Å². The van der Waals surface area contributed by atoms with Crippen molar-refractivity contribution >= 4 is 34.9 Å². The number of carbonyl (C=O) groups excluding carboxylic acids is 2. The van der Waals surface area contributed by atoms with E-state index in [1.807, 2.05) is 52.4 Å². The average Bonchev–Trinajstić information content (AvgIpc) is 3.50. The highest BCUT2D eigenvalue weighted by Crippen LogP contribution is 2.35. The second-order valence-corrected chi connectivity index (χ2v) is 9.98. The monoisotopic (exact) mass is 492 g/mol. The summed E-state index contributed by atoms with van der Waals surface area (Å²) in [5, 5.41) is 11.0. The molecule has 9 heteroatoms. The molecule has 2 amide bonds. The number of thioether (sulfide) groups is 1. The highest BCUT2D eigenvalue weighted by molar-refractivity contribution is 8.00. The summed E-state index contributed by atoms with van der Waals surface area (Å²) >= 11 is 2.91. The van der Waals surface area contributed by atoms with E-state index in [1.54, 1.807) is 11.3 Å². The number of carbonyl (C=O) groups is 2. The van der Waals surface area contributed by atoms with Gasteiger partial charge in [0.25, 0.3) is 5.91 Å². The van der Waals surface area contributed by atoms with Gasteiger partial charge in [-0.2, -0.15) is 0 Å². The first kappa shape index (κ1) is 22.5. The van der Waals surface area contributed by atoms with Crippen molar-refractivity contribution in [2.45, 2.75) is 29.7 Å². The first-order valence-electron chi connectivity index (χ1n) is 10.9. The first-order valence-corrected chi connectivity index (χ1v) is 12.7. The Bertz CT molecular complexity index is 1290. The van der Waals surface area contributed by atoms with Crippen molar-refractivity contribution in [2.24, 2.45) is 0 Å². The van der Waals surface area contributed by atoms with Crippen LogP contribution in [0.3, 0.4) is 0 Å². The number of thiophene rings is 1. The number of hydrogen-bond donors (Lipinski definition) is 0. The lowest BCUT2D eigenvalue weighted by Gasteiger charge is -2.22. The van der Waals surface area contributed by atoms with Crippen molar-refractivity contribution in [2.75, 3.05) is 6.54 Å². The SMILES string of the molecule is O=C(c1ccc(F)cc1)N1CCCCC(Sc2nnc(-c3cccs3)n2-c2ccccc2)C1=O. The third kappa shape index (κ3) is 4.53. The lowest BCUT2D eigenvalue weighted by atomic mass is 10.2. The molecule has 0 spiro atoms. The zero-order valence-corrected chi connectivity index (χ0v) is 19.8. The Morgan fingerprint density at radius 2 is 1.79 bits per heavy atom.